The lowest BCUT2D eigenvalue weighted by atomic mass is 10.2. The Labute approximate surface area is 111 Å². The van der Waals surface area contributed by atoms with Crippen LogP contribution >= 0.6 is 11.3 Å². The Bertz CT molecular complexity index is 537. The Morgan fingerprint density at radius 2 is 1.89 bits per heavy atom. The van der Waals surface area contributed by atoms with Crippen molar-refractivity contribution in [2.24, 2.45) is 0 Å². The van der Waals surface area contributed by atoms with Gasteiger partial charge in [0.15, 0.2) is 0 Å². The van der Waals surface area contributed by atoms with Crippen LogP contribution in [0.1, 0.15) is 5.69 Å². The minimum atomic E-state index is -4.68. The highest BCUT2D eigenvalue weighted by molar-refractivity contribution is 7.13. The van der Waals surface area contributed by atoms with Crippen molar-refractivity contribution in [3.63, 3.8) is 0 Å². The van der Waals surface area contributed by atoms with Crippen molar-refractivity contribution in [3.8, 4) is 16.3 Å². The number of methoxy groups -OCH3 is 1. The highest BCUT2D eigenvalue weighted by Crippen LogP contribution is 2.28. The molecule has 0 aliphatic carbocycles. The minimum Gasteiger partial charge on any atom is -0.406 e. The molecule has 1 aromatic heterocycles. The van der Waals surface area contributed by atoms with E-state index >= 15 is 0 Å². The smallest absolute Gasteiger partial charge is 0.406 e. The molecule has 19 heavy (non-hydrogen) atoms. The van der Waals surface area contributed by atoms with E-state index in [1.54, 1.807) is 5.38 Å². The Morgan fingerprint density at radius 3 is 2.47 bits per heavy atom. The fourth-order valence-electron chi connectivity index (χ4n) is 1.39. The zero-order valence-corrected chi connectivity index (χ0v) is 10.6. The largest absolute Gasteiger partial charge is 0.573 e. The average molecular weight is 288 g/mol. The molecule has 1 heterocycles. The third-order valence-corrected chi connectivity index (χ3v) is 3.00. The number of nitrogens with zero attached hydrogens (tertiary/aromatic N) is 1. The highest BCUT2D eigenvalue weighted by atomic mass is 32.1. The predicted octanol–water partition coefficient (Wildman–Crippen LogP) is 3.86. The first kappa shape index (κ1) is 13.8. The van der Waals surface area contributed by atoms with Crippen LogP contribution in [0.2, 0.25) is 0 Å². The summed E-state index contributed by atoms with van der Waals surface area (Å²) in [5.74, 6) is -0.253. The zero-order valence-electron chi connectivity index (χ0n) is 9.77. The second-order valence-corrected chi connectivity index (χ2v) is 4.36. The van der Waals surface area contributed by atoms with E-state index in [9.17, 15) is 13.2 Å². The molecule has 0 fully saturated rings. The van der Waals surface area contributed by atoms with Crippen molar-refractivity contribution in [1.82, 2.24) is 4.98 Å². The van der Waals surface area contributed by atoms with Crippen LogP contribution < -0.4 is 4.74 Å². The molecule has 3 nitrogen and oxygen atoms in total. The molecule has 0 amide bonds. The third-order valence-electron chi connectivity index (χ3n) is 2.10. The van der Waals surface area contributed by atoms with Gasteiger partial charge < -0.3 is 9.47 Å². The van der Waals surface area contributed by atoms with Crippen molar-refractivity contribution < 1.29 is 22.6 Å². The number of alkyl halides is 3. The maximum Gasteiger partial charge on any atom is 0.573 e. The van der Waals surface area contributed by atoms with Crippen molar-refractivity contribution in [2.75, 3.05) is 7.11 Å². The second kappa shape index (κ2) is 5.58. The lowest BCUT2D eigenvalue weighted by Crippen LogP contribution is -2.16. The van der Waals surface area contributed by atoms with E-state index in [0.29, 0.717) is 10.7 Å². The summed E-state index contributed by atoms with van der Waals surface area (Å²) >= 11 is 1.38. The van der Waals surface area contributed by atoms with Crippen LogP contribution in [0.3, 0.4) is 0 Å². The van der Waals surface area contributed by atoms with Gasteiger partial charge in [-0.1, -0.05) is 0 Å². The van der Waals surface area contributed by atoms with E-state index in [2.05, 4.69) is 9.72 Å². The maximum absolute atomic E-state index is 12.0. The second-order valence-electron chi connectivity index (χ2n) is 3.50. The molecule has 1 radical (unpaired) electrons. The van der Waals surface area contributed by atoms with Gasteiger partial charge in [-0.25, -0.2) is 4.98 Å². The van der Waals surface area contributed by atoms with Crippen LogP contribution in [0.5, 0.6) is 5.75 Å². The molecule has 0 aliphatic heterocycles. The quantitative estimate of drug-likeness (QED) is 0.856. The van der Waals surface area contributed by atoms with Crippen LogP contribution in [0, 0.1) is 6.61 Å². The Hall–Kier alpha value is -1.60. The Kier molecular flexibility index (Phi) is 4.06. The molecule has 2 rings (SSSR count). The molecule has 0 atom stereocenters. The molecule has 0 spiro atoms. The predicted molar refractivity (Wildman–Crippen MR) is 64.6 cm³/mol. The summed E-state index contributed by atoms with van der Waals surface area (Å²) in [6.45, 7) is 1.49. The third kappa shape index (κ3) is 3.93. The molecule has 0 N–H and O–H groups in total. The Morgan fingerprint density at radius 1 is 1.21 bits per heavy atom. The maximum atomic E-state index is 12.0. The summed E-state index contributed by atoms with van der Waals surface area (Å²) in [7, 11) is 1.52. The van der Waals surface area contributed by atoms with Crippen molar-refractivity contribution in [3.05, 3.63) is 41.9 Å². The first-order valence-corrected chi connectivity index (χ1v) is 6.03. The topological polar surface area (TPSA) is 31.4 Å². The fourth-order valence-corrected chi connectivity index (χ4v) is 2.16. The van der Waals surface area contributed by atoms with Gasteiger partial charge in [0.05, 0.1) is 5.69 Å². The molecule has 1 aromatic carbocycles. The zero-order chi connectivity index (χ0) is 13.9. The van der Waals surface area contributed by atoms with Gasteiger partial charge in [0.1, 0.15) is 17.4 Å². The number of rotatable bonds is 4. The van der Waals surface area contributed by atoms with Gasteiger partial charge in [-0.05, 0) is 24.3 Å². The number of aromatic nitrogens is 1. The van der Waals surface area contributed by atoms with Gasteiger partial charge in [-0.2, -0.15) is 0 Å². The summed E-state index contributed by atoms with van der Waals surface area (Å²) in [6, 6.07) is 5.56. The van der Waals surface area contributed by atoms with Crippen molar-refractivity contribution in [2.45, 2.75) is 6.36 Å². The number of hydrogen-bond donors (Lipinski definition) is 0. The number of ether oxygens (including phenoxy) is 2. The number of benzene rings is 1. The summed E-state index contributed by atoms with van der Waals surface area (Å²) in [5, 5.41) is 2.49. The molecule has 7 heteroatoms. The fraction of sp³-hybridized carbons (Fsp3) is 0.167. The molecule has 2 aromatic rings. The molecular formula is C12H9F3NO2S. The van der Waals surface area contributed by atoms with Gasteiger partial charge >= 0.3 is 6.36 Å². The number of hydrogen-bond acceptors (Lipinski definition) is 4. The molecule has 0 saturated heterocycles. The summed E-state index contributed by atoms with van der Waals surface area (Å²) < 4.78 is 44.6. The van der Waals surface area contributed by atoms with Crippen LogP contribution in [-0.4, -0.2) is 18.5 Å². The summed E-state index contributed by atoms with van der Waals surface area (Å²) in [4.78, 5) is 4.25. The van der Waals surface area contributed by atoms with E-state index in [1.807, 2.05) is 0 Å². The van der Waals surface area contributed by atoms with E-state index in [4.69, 9.17) is 4.74 Å². The van der Waals surface area contributed by atoms with Gasteiger partial charge in [0.2, 0.25) is 0 Å². The lowest BCUT2D eigenvalue weighted by molar-refractivity contribution is -0.274. The first-order chi connectivity index (χ1) is 8.98. The molecule has 101 valence electrons. The van der Waals surface area contributed by atoms with Gasteiger partial charge in [0, 0.05) is 18.1 Å². The molecular weight excluding hydrogens is 279 g/mol. The molecule has 0 unspecified atom stereocenters. The van der Waals surface area contributed by atoms with Crippen LogP contribution in [0.25, 0.3) is 10.6 Å². The van der Waals surface area contributed by atoms with Crippen LogP contribution in [-0.2, 0) is 4.74 Å². The first-order valence-electron chi connectivity index (χ1n) is 5.15. The van der Waals surface area contributed by atoms with Gasteiger partial charge in [-0.3, -0.25) is 0 Å². The van der Waals surface area contributed by atoms with E-state index in [-0.39, 0.29) is 5.75 Å². The molecule has 0 saturated carbocycles. The standard InChI is InChI=1S/C12H9F3NO2S/c1-17-6-9-7-19-11(16-9)8-2-4-10(5-3-8)18-12(13,14)15/h2-7H,1H3. The van der Waals surface area contributed by atoms with Crippen LogP contribution in [0.4, 0.5) is 13.2 Å². The van der Waals surface area contributed by atoms with Gasteiger partial charge in [0.25, 0.3) is 0 Å². The SMILES string of the molecule is CO[CH]c1csc(-c2ccc(OC(F)(F)F)cc2)n1. The summed E-state index contributed by atoms with van der Waals surface area (Å²) in [6.07, 6.45) is -4.68. The molecule has 0 aliphatic rings. The average Bonchev–Trinajstić information content (AvgIpc) is 2.77. The monoisotopic (exact) mass is 288 g/mol. The van der Waals surface area contributed by atoms with E-state index in [0.717, 1.165) is 5.56 Å². The normalized spacial score (nSPS) is 11.6. The Balaban J connectivity index is 2.13. The number of thiazole rings is 1. The highest BCUT2D eigenvalue weighted by Gasteiger charge is 2.30. The van der Waals surface area contributed by atoms with Crippen molar-refractivity contribution >= 4 is 11.3 Å². The van der Waals surface area contributed by atoms with E-state index in [1.165, 1.54) is 49.3 Å². The van der Waals surface area contributed by atoms with E-state index < -0.39 is 6.36 Å². The van der Waals surface area contributed by atoms with Gasteiger partial charge in [-0.15, -0.1) is 24.5 Å². The van der Waals surface area contributed by atoms with Crippen LogP contribution in [0.15, 0.2) is 29.6 Å². The lowest BCUT2D eigenvalue weighted by Gasteiger charge is -2.08. The number of halogens is 3. The molecule has 0 bridgehead atoms. The van der Waals surface area contributed by atoms with Crippen molar-refractivity contribution in [1.29, 1.82) is 0 Å². The minimum absolute atomic E-state index is 0.253. The summed E-state index contributed by atoms with van der Waals surface area (Å²) in [5.41, 5.74) is 1.38.